The summed E-state index contributed by atoms with van der Waals surface area (Å²) in [6.45, 7) is 2.70. The third kappa shape index (κ3) is 3.29. The van der Waals surface area contributed by atoms with E-state index < -0.39 is 0 Å². The number of hydrogen-bond donors (Lipinski definition) is 0. The van der Waals surface area contributed by atoms with Crippen LogP contribution >= 0.6 is 0 Å². The molecule has 2 fully saturated rings. The number of fused-ring (bicyclic) bond motifs is 1. The molecule has 25 heavy (non-hydrogen) atoms. The first-order valence-corrected chi connectivity index (χ1v) is 8.85. The summed E-state index contributed by atoms with van der Waals surface area (Å²) in [5.74, 6) is 0.349. The Kier molecular flexibility index (Phi) is 4.26. The third-order valence-corrected chi connectivity index (χ3v) is 5.29. The van der Waals surface area contributed by atoms with Crippen LogP contribution in [0.4, 0.5) is 0 Å². The van der Waals surface area contributed by atoms with Crippen LogP contribution in [0.3, 0.4) is 0 Å². The van der Waals surface area contributed by atoms with Gasteiger partial charge in [0.2, 0.25) is 11.8 Å². The fraction of sp³-hybridized carbons (Fsp3) is 0.333. The topological polar surface area (TPSA) is 40.6 Å². The molecule has 0 N–H and O–H groups in total. The van der Waals surface area contributed by atoms with Crippen molar-refractivity contribution in [1.29, 1.82) is 0 Å². The molecule has 2 heterocycles. The van der Waals surface area contributed by atoms with Crippen LogP contribution in [-0.2, 0) is 22.7 Å². The van der Waals surface area contributed by atoms with Gasteiger partial charge in [-0.2, -0.15) is 0 Å². The molecule has 4 nitrogen and oxygen atoms in total. The third-order valence-electron chi connectivity index (χ3n) is 5.29. The number of carbonyl (C=O) groups is 2. The standard InChI is InChI=1S/C21H22N2O2/c24-20-11-19-18(14-22(20)12-16-7-3-1-4-8-16)15-23(21(19)25)13-17-9-5-2-6-10-17/h1-10,18-19H,11-15H2/t18-,19-/m0/s1. The molecule has 0 unspecified atom stereocenters. The van der Waals surface area contributed by atoms with E-state index in [1.165, 1.54) is 0 Å². The van der Waals surface area contributed by atoms with Gasteiger partial charge in [0.25, 0.3) is 0 Å². The molecule has 128 valence electrons. The van der Waals surface area contributed by atoms with Gasteiger partial charge in [-0.15, -0.1) is 0 Å². The highest BCUT2D eigenvalue weighted by Gasteiger charge is 2.45. The van der Waals surface area contributed by atoms with Crippen LogP contribution in [0, 0.1) is 11.8 Å². The summed E-state index contributed by atoms with van der Waals surface area (Å²) in [4.78, 5) is 29.0. The number of piperidine rings is 1. The summed E-state index contributed by atoms with van der Waals surface area (Å²) in [5.41, 5.74) is 2.28. The van der Waals surface area contributed by atoms with Crippen LogP contribution in [0.2, 0.25) is 0 Å². The van der Waals surface area contributed by atoms with E-state index >= 15 is 0 Å². The molecule has 2 aromatic rings. The van der Waals surface area contributed by atoms with Gasteiger partial charge in [0.1, 0.15) is 0 Å². The quantitative estimate of drug-likeness (QED) is 0.862. The Bertz CT molecular complexity index is 720. The van der Waals surface area contributed by atoms with Gasteiger partial charge >= 0.3 is 0 Å². The van der Waals surface area contributed by atoms with Crippen molar-refractivity contribution in [1.82, 2.24) is 9.80 Å². The minimum absolute atomic E-state index is 0.0972. The SMILES string of the molecule is O=C1C[C@@H]2C(=O)N(Cc3ccccc3)C[C@@H]2CN1Cc1ccccc1. The summed E-state index contributed by atoms with van der Waals surface area (Å²) in [5, 5.41) is 0. The van der Waals surface area contributed by atoms with Gasteiger partial charge in [0.15, 0.2) is 0 Å². The van der Waals surface area contributed by atoms with Gasteiger partial charge in [-0.05, 0) is 11.1 Å². The largest absolute Gasteiger partial charge is 0.338 e. The fourth-order valence-corrected chi connectivity index (χ4v) is 3.98. The lowest BCUT2D eigenvalue weighted by Crippen LogP contribution is -2.44. The highest BCUT2D eigenvalue weighted by Crippen LogP contribution is 2.34. The number of benzene rings is 2. The maximum absolute atomic E-state index is 12.7. The zero-order valence-electron chi connectivity index (χ0n) is 14.2. The van der Waals surface area contributed by atoms with Gasteiger partial charge in [-0.1, -0.05) is 60.7 Å². The second kappa shape index (κ2) is 6.71. The summed E-state index contributed by atoms with van der Waals surface area (Å²) >= 11 is 0. The molecule has 2 amide bonds. The maximum atomic E-state index is 12.7. The normalized spacial score (nSPS) is 23.0. The summed E-state index contributed by atoms with van der Waals surface area (Å²) in [6.07, 6.45) is 0.349. The molecule has 0 spiro atoms. The lowest BCUT2D eigenvalue weighted by atomic mass is 9.87. The second-order valence-corrected chi connectivity index (χ2v) is 7.03. The Labute approximate surface area is 148 Å². The molecule has 2 atom stereocenters. The molecular weight excluding hydrogens is 312 g/mol. The van der Waals surface area contributed by atoms with Gasteiger partial charge in [-0.25, -0.2) is 0 Å². The van der Waals surface area contributed by atoms with Crippen LogP contribution in [0.25, 0.3) is 0 Å². The van der Waals surface area contributed by atoms with Crippen molar-refractivity contribution in [3.8, 4) is 0 Å². The Morgan fingerprint density at radius 3 is 1.88 bits per heavy atom. The Hall–Kier alpha value is -2.62. The fourth-order valence-electron chi connectivity index (χ4n) is 3.98. The van der Waals surface area contributed by atoms with Crippen LogP contribution in [0.15, 0.2) is 60.7 Å². The van der Waals surface area contributed by atoms with Crippen LogP contribution in [0.1, 0.15) is 17.5 Å². The molecule has 4 heteroatoms. The molecule has 2 aliphatic rings. The van der Waals surface area contributed by atoms with E-state index in [0.717, 1.165) is 17.7 Å². The number of rotatable bonds is 4. The molecule has 4 rings (SSSR count). The zero-order valence-corrected chi connectivity index (χ0v) is 14.2. The van der Waals surface area contributed by atoms with Gasteiger partial charge < -0.3 is 9.80 Å². The smallest absolute Gasteiger partial charge is 0.226 e. The van der Waals surface area contributed by atoms with Crippen LogP contribution in [-0.4, -0.2) is 34.7 Å². The average Bonchev–Trinajstić information content (AvgIpc) is 2.92. The van der Waals surface area contributed by atoms with Gasteiger partial charge in [0.05, 0.1) is 5.92 Å². The monoisotopic (exact) mass is 334 g/mol. The molecule has 0 saturated carbocycles. The van der Waals surface area contributed by atoms with Crippen molar-refractivity contribution in [3.05, 3.63) is 71.8 Å². The van der Waals surface area contributed by atoms with E-state index in [4.69, 9.17) is 0 Å². The molecule has 2 aromatic carbocycles. The van der Waals surface area contributed by atoms with E-state index in [1.807, 2.05) is 70.5 Å². The van der Waals surface area contributed by atoms with E-state index in [9.17, 15) is 9.59 Å². The zero-order chi connectivity index (χ0) is 17.2. The number of carbonyl (C=O) groups excluding carboxylic acids is 2. The number of likely N-dealkylation sites (tertiary alicyclic amines) is 2. The van der Waals surface area contributed by atoms with Crippen molar-refractivity contribution in [3.63, 3.8) is 0 Å². The maximum Gasteiger partial charge on any atom is 0.226 e. The number of amides is 2. The average molecular weight is 334 g/mol. The van der Waals surface area contributed by atoms with E-state index in [2.05, 4.69) is 0 Å². The molecule has 2 aliphatic heterocycles. The lowest BCUT2D eigenvalue weighted by molar-refractivity contribution is -0.142. The Morgan fingerprint density at radius 1 is 0.760 bits per heavy atom. The first-order chi connectivity index (χ1) is 12.2. The molecular formula is C21H22N2O2. The summed E-state index contributed by atoms with van der Waals surface area (Å²) < 4.78 is 0. The predicted molar refractivity (Wildman–Crippen MR) is 95.3 cm³/mol. The Morgan fingerprint density at radius 2 is 1.28 bits per heavy atom. The van der Waals surface area contributed by atoms with E-state index in [0.29, 0.717) is 26.1 Å². The summed E-state index contributed by atoms with van der Waals surface area (Å²) in [7, 11) is 0. The van der Waals surface area contributed by atoms with E-state index in [-0.39, 0.29) is 23.7 Å². The highest BCUT2D eigenvalue weighted by atomic mass is 16.2. The van der Waals surface area contributed by atoms with Crippen molar-refractivity contribution in [2.45, 2.75) is 19.5 Å². The summed E-state index contributed by atoms with van der Waals surface area (Å²) in [6, 6.07) is 20.1. The molecule has 0 radical (unpaired) electrons. The minimum Gasteiger partial charge on any atom is -0.338 e. The van der Waals surface area contributed by atoms with Crippen LogP contribution < -0.4 is 0 Å². The number of nitrogens with zero attached hydrogens (tertiary/aromatic N) is 2. The molecule has 2 saturated heterocycles. The number of hydrogen-bond acceptors (Lipinski definition) is 2. The highest BCUT2D eigenvalue weighted by molar-refractivity contribution is 5.89. The second-order valence-electron chi connectivity index (χ2n) is 7.03. The molecule has 0 bridgehead atoms. The lowest BCUT2D eigenvalue weighted by Gasteiger charge is -2.33. The molecule has 0 aromatic heterocycles. The van der Waals surface area contributed by atoms with Crippen molar-refractivity contribution < 1.29 is 9.59 Å². The van der Waals surface area contributed by atoms with Crippen molar-refractivity contribution in [2.75, 3.05) is 13.1 Å². The predicted octanol–water partition coefficient (Wildman–Crippen LogP) is 2.69. The van der Waals surface area contributed by atoms with Crippen molar-refractivity contribution in [2.24, 2.45) is 11.8 Å². The first-order valence-electron chi connectivity index (χ1n) is 8.85. The molecule has 0 aliphatic carbocycles. The van der Waals surface area contributed by atoms with Crippen molar-refractivity contribution >= 4 is 11.8 Å². The minimum atomic E-state index is -0.136. The first kappa shape index (κ1) is 15.9. The van der Waals surface area contributed by atoms with E-state index in [1.54, 1.807) is 0 Å². The van der Waals surface area contributed by atoms with Gasteiger partial charge in [0, 0.05) is 38.5 Å². The van der Waals surface area contributed by atoms with Gasteiger partial charge in [-0.3, -0.25) is 9.59 Å². The Balaban J connectivity index is 1.44. The van der Waals surface area contributed by atoms with Crippen LogP contribution in [0.5, 0.6) is 0 Å².